The molecule has 0 aromatic heterocycles. The van der Waals surface area contributed by atoms with E-state index in [2.05, 4.69) is 16.0 Å². The molecule has 0 saturated heterocycles. The van der Waals surface area contributed by atoms with Crippen LogP contribution in [0.5, 0.6) is 0 Å². The molecule has 2 aromatic rings. The lowest BCUT2D eigenvalue weighted by atomic mass is 10.2. The number of carbonyl (C=O) groups is 2. The Morgan fingerprint density at radius 3 is 2.42 bits per heavy atom. The third kappa shape index (κ3) is 5.76. The average molecular weight is 366 g/mol. The highest BCUT2D eigenvalue weighted by Crippen LogP contribution is 2.25. The zero-order valence-corrected chi connectivity index (χ0v) is 14.5. The SMILES string of the molecule is CC(=O)Nc1cccc(NC(=O)CCNc2cc(Cl)ccc2Cl)c1. The maximum Gasteiger partial charge on any atom is 0.226 e. The van der Waals surface area contributed by atoms with Gasteiger partial charge < -0.3 is 16.0 Å². The summed E-state index contributed by atoms with van der Waals surface area (Å²) in [5.74, 6) is -0.318. The number of amides is 2. The Kier molecular flexibility index (Phi) is 6.46. The average Bonchev–Trinajstić information content (AvgIpc) is 2.50. The molecule has 7 heteroatoms. The molecule has 5 nitrogen and oxygen atoms in total. The van der Waals surface area contributed by atoms with E-state index in [0.29, 0.717) is 33.7 Å². The van der Waals surface area contributed by atoms with E-state index >= 15 is 0 Å². The fourth-order valence-corrected chi connectivity index (χ4v) is 2.40. The quantitative estimate of drug-likeness (QED) is 0.710. The van der Waals surface area contributed by atoms with Crippen LogP contribution < -0.4 is 16.0 Å². The molecular formula is C17H17Cl2N3O2. The number of hydrogen-bond donors (Lipinski definition) is 3. The van der Waals surface area contributed by atoms with E-state index in [0.717, 1.165) is 0 Å². The summed E-state index contributed by atoms with van der Waals surface area (Å²) >= 11 is 12.0. The van der Waals surface area contributed by atoms with Gasteiger partial charge in [0.2, 0.25) is 11.8 Å². The molecule has 0 radical (unpaired) electrons. The van der Waals surface area contributed by atoms with Crippen LogP contribution in [0.2, 0.25) is 10.0 Å². The van der Waals surface area contributed by atoms with Crippen LogP contribution in [0.15, 0.2) is 42.5 Å². The minimum atomic E-state index is -0.166. The van der Waals surface area contributed by atoms with Crippen molar-refractivity contribution in [2.45, 2.75) is 13.3 Å². The second kappa shape index (κ2) is 8.57. The summed E-state index contributed by atoms with van der Waals surface area (Å²) in [5.41, 5.74) is 1.93. The van der Waals surface area contributed by atoms with Crippen LogP contribution in [0.25, 0.3) is 0 Å². The van der Waals surface area contributed by atoms with E-state index in [9.17, 15) is 9.59 Å². The maximum atomic E-state index is 12.0. The molecule has 0 aliphatic carbocycles. The Labute approximate surface area is 150 Å². The lowest BCUT2D eigenvalue weighted by Crippen LogP contribution is -2.16. The van der Waals surface area contributed by atoms with Gasteiger partial charge in [-0.15, -0.1) is 0 Å². The first-order valence-corrected chi connectivity index (χ1v) is 8.06. The summed E-state index contributed by atoms with van der Waals surface area (Å²) in [6.07, 6.45) is 0.257. The Balaban J connectivity index is 1.85. The smallest absolute Gasteiger partial charge is 0.226 e. The zero-order valence-electron chi connectivity index (χ0n) is 13.0. The topological polar surface area (TPSA) is 70.2 Å². The van der Waals surface area contributed by atoms with Crippen molar-refractivity contribution in [1.29, 1.82) is 0 Å². The highest BCUT2D eigenvalue weighted by Gasteiger charge is 2.05. The highest BCUT2D eigenvalue weighted by atomic mass is 35.5. The van der Waals surface area contributed by atoms with Crippen molar-refractivity contribution in [1.82, 2.24) is 0 Å². The second-order valence-corrected chi connectivity index (χ2v) is 5.95. The van der Waals surface area contributed by atoms with Gasteiger partial charge in [-0.1, -0.05) is 29.3 Å². The van der Waals surface area contributed by atoms with E-state index < -0.39 is 0 Å². The van der Waals surface area contributed by atoms with Gasteiger partial charge in [0.1, 0.15) is 0 Å². The minimum absolute atomic E-state index is 0.152. The number of rotatable bonds is 6. The summed E-state index contributed by atoms with van der Waals surface area (Å²) < 4.78 is 0. The summed E-state index contributed by atoms with van der Waals surface area (Å²) in [7, 11) is 0. The van der Waals surface area contributed by atoms with Gasteiger partial charge in [-0.05, 0) is 36.4 Å². The van der Waals surface area contributed by atoms with Gasteiger partial charge in [0.25, 0.3) is 0 Å². The normalized spacial score (nSPS) is 10.1. The third-order valence-corrected chi connectivity index (χ3v) is 3.63. The lowest BCUT2D eigenvalue weighted by molar-refractivity contribution is -0.116. The first-order chi connectivity index (χ1) is 11.4. The van der Waals surface area contributed by atoms with Crippen molar-refractivity contribution in [3.05, 3.63) is 52.5 Å². The molecule has 2 rings (SSSR count). The number of hydrogen-bond acceptors (Lipinski definition) is 3. The van der Waals surface area contributed by atoms with Crippen molar-refractivity contribution in [2.24, 2.45) is 0 Å². The molecule has 0 aliphatic rings. The van der Waals surface area contributed by atoms with Gasteiger partial charge in [-0.2, -0.15) is 0 Å². The predicted octanol–water partition coefficient (Wildman–Crippen LogP) is 4.39. The molecular weight excluding hydrogens is 349 g/mol. The standard InChI is InChI=1S/C17H17Cl2N3O2/c1-11(23)21-13-3-2-4-14(10-13)22-17(24)7-8-20-16-9-12(18)5-6-15(16)19/h2-6,9-10,20H,7-8H2,1H3,(H,21,23)(H,22,24). The summed E-state index contributed by atoms with van der Waals surface area (Å²) in [6, 6.07) is 12.1. The Morgan fingerprint density at radius 2 is 1.71 bits per heavy atom. The molecule has 0 fully saturated rings. The number of carbonyl (C=O) groups excluding carboxylic acids is 2. The fourth-order valence-electron chi connectivity index (χ4n) is 2.05. The molecule has 3 N–H and O–H groups in total. The van der Waals surface area contributed by atoms with E-state index in [1.54, 1.807) is 42.5 Å². The van der Waals surface area contributed by atoms with Crippen LogP contribution in [-0.4, -0.2) is 18.4 Å². The number of halogens is 2. The monoisotopic (exact) mass is 365 g/mol. The first-order valence-electron chi connectivity index (χ1n) is 7.30. The molecule has 2 amide bonds. The maximum absolute atomic E-state index is 12.0. The van der Waals surface area contributed by atoms with E-state index in [4.69, 9.17) is 23.2 Å². The van der Waals surface area contributed by atoms with E-state index in [1.807, 2.05) is 0 Å². The Hall–Kier alpha value is -2.24. The molecule has 0 aliphatic heterocycles. The number of benzene rings is 2. The van der Waals surface area contributed by atoms with E-state index in [1.165, 1.54) is 6.92 Å². The van der Waals surface area contributed by atoms with Gasteiger partial charge in [-0.25, -0.2) is 0 Å². The molecule has 0 saturated carbocycles. The van der Waals surface area contributed by atoms with Crippen LogP contribution in [-0.2, 0) is 9.59 Å². The summed E-state index contributed by atoms with van der Waals surface area (Å²) in [5, 5.41) is 9.63. The molecule has 126 valence electrons. The van der Waals surface area contributed by atoms with Crippen LogP contribution in [0.1, 0.15) is 13.3 Å². The molecule has 24 heavy (non-hydrogen) atoms. The summed E-state index contributed by atoms with van der Waals surface area (Å²) in [6.45, 7) is 1.84. The van der Waals surface area contributed by atoms with Crippen LogP contribution >= 0.6 is 23.2 Å². The van der Waals surface area contributed by atoms with Gasteiger partial charge in [-0.3, -0.25) is 9.59 Å². The lowest BCUT2D eigenvalue weighted by Gasteiger charge is -2.10. The molecule has 0 spiro atoms. The van der Waals surface area contributed by atoms with Crippen LogP contribution in [0.3, 0.4) is 0 Å². The molecule has 0 unspecified atom stereocenters. The minimum Gasteiger partial charge on any atom is -0.383 e. The second-order valence-electron chi connectivity index (χ2n) is 5.11. The molecule has 0 bridgehead atoms. The van der Waals surface area contributed by atoms with Crippen molar-refractivity contribution in [3.8, 4) is 0 Å². The summed E-state index contributed by atoms with van der Waals surface area (Å²) in [4.78, 5) is 23.0. The van der Waals surface area contributed by atoms with Crippen LogP contribution in [0, 0.1) is 0 Å². The van der Waals surface area contributed by atoms with Crippen molar-refractivity contribution >= 4 is 52.1 Å². The molecule has 2 aromatic carbocycles. The zero-order chi connectivity index (χ0) is 17.5. The third-order valence-electron chi connectivity index (χ3n) is 3.06. The first kappa shape index (κ1) is 18.1. The predicted molar refractivity (Wildman–Crippen MR) is 98.9 cm³/mol. The molecule has 0 heterocycles. The van der Waals surface area contributed by atoms with Crippen molar-refractivity contribution in [3.63, 3.8) is 0 Å². The largest absolute Gasteiger partial charge is 0.383 e. The van der Waals surface area contributed by atoms with Gasteiger partial charge in [0.05, 0.1) is 10.7 Å². The Morgan fingerprint density at radius 1 is 1.00 bits per heavy atom. The van der Waals surface area contributed by atoms with Gasteiger partial charge in [0.15, 0.2) is 0 Å². The number of anilines is 3. The fraction of sp³-hybridized carbons (Fsp3) is 0.176. The van der Waals surface area contributed by atoms with Crippen LogP contribution in [0.4, 0.5) is 17.1 Å². The molecule has 0 atom stereocenters. The van der Waals surface area contributed by atoms with Gasteiger partial charge in [0, 0.05) is 36.3 Å². The van der Waals surface area contributed by atoms with Crippen molar-refractivity contribution in [2.75, 3.05) is 22.5 Å². The van der Waals surface area contributed by atoms with Crippen molar-refractivity contribution < 1.29 is 9.59 Å². The Bertz CT molecular complexity index is 750. The highest BCUT2D eigenvalue weighted by molar-refractivity contribution is 6.35. The number of nitrogens with one attached hydrogen (secondary N) is 3. The van der Waals surface area contributed by atoms with E-state index in [-0.39, 0.29) is 18.2 Å². The van der Waals surface area contributed by atoms with Gasteiger partial charge >= 0.3 is 0 Å².